The summed E-state index contributed by atoms with van der Waals surface area (Å²) in [6, 6.07) is 0.754. The Morgan fingerprint density at radius 1 is 0.846 bits per heavy atom. The smallest absolute Gasteiger partial charge is 0.234 e. The maximum Gasteiger partial charge on any atom is 0.234 e. The molecule has 0 unspecified atom stereocenters. The molecule has 5 nitrogen and oxygen atoms in total. The quantitative estimate of drug-likeness (QED) is 0.732. The van der Waals surface area contributed by atoms with E-state index in [1.165, 1.54) is 44.9 Å². The van der Waals surface area contributed by atoms with Crippen molar-refractivity contribution in [3.63, 3.8) is 0 Å². The maximum atomic E-state index is 12.4. The fourth-order valence-corrected chi connectivity index (χ4v) is 4.89. The SMILES string of the molecule is O=C(CN1CCC(NC(=O)C2CCCCC2)CC1)NC(C1CC1)C1CC1. The molecular formula is C21H35N3O2. The highest BCUT2D eigenvalue weighted by atomic mass is 16.2. The van der Waals surface area contributed by atoms with Crippen molar-refractivity contribution in [1.82, 2.24) is 15.5 Å². The van der Waals surface area contributed by atoms with Gasteiger partial charge in [-0.05, 0) is 63.2 Å². The van der Waals surface area contributed by atoms with Crippen LogP contribution < -0.4 is 10.6 Å². The first-order valence-corrected chi connectivity index (χ1v) is 11.0. The van der Waals surface area contributed by atoms with Crippen LogP contribution in [0.4, 0.5) is 0 Å². The minimum atomic E-state index is 0.207. The number of hydrogen-bond acceptors (Lipinski definition) is 3. The van der Waals surface area contributed by atoms with Gasteiger partial charge in [-0.15, -0.1) is 0 Å². The zero-order valence-electron chi connectivity index (χ0n) is 16.0. The fraction of sp³-hybridized carbons (Fsp3) is 0.905. The third-order valence-corrected chi connectivity index (χ3v) is 6.86. The molecule has 2 N–H and O–H groups in total. The van der Waals surface area contributed by atoms with Gasteiger partial charge in [0.2, 0.25) is 11.8 Å². The van der Waals surface area contributed by atoms with Crippen LogP contribution in [0, 0.1) is 17.8 Å². The van der Waals surface area contributed by atoms with Crippen molar-refractivity contribution in [2.75, 3.05) is 19.6 Å². The van der Waals surface area contributed by atoms with Crippen molar-refractivity contribution in [1.29, 1.82) is 0 Å². The van der Waals surface area contributed by atoms with Gasteiger partial charge in [-0.2, -0.15) is 0 Å². The third kappa shape index (κ3) is 4.99. The minimum absolute atomic E-state index is 0.207. The number of piperidine rings is 1. The molecule has 2 amide bonds. The lowest BCUT2D eigenvalue weighted by Crippen LogP contribution is -2.50. The number of amides is 2. The third-order valence-electron chi connectivity index (χ3n) is 6.86. The molecule has 0 aromatic carbocycles. The summed E-state index contributed by atoms with van der Waals surface area (Å²) in [5.41, 5.74) is 0. The van der Waals surface area contributed by atoms with Crippen LogP contribution in [0.1, 0.15) is 70.6 Å². The van der Waals surface area contributed by atoms with E-state index in [2.05, 4.69) is 15.5 Å². The Labute approximate surface area is 157 Å². The van der Waals surface area contributed by atoms with Crippen molar-refractivity contribution in [3.05, 3.63) is 0 Å². The molecule has 3 saturated carbocycles. The van der Waals surface area contributed by atoms with Gasteiger partial charge in [0.15, 0.2) is 0 Å². The van der Waals surface area contributed by atoms with Gasteiger partial charge in [-0.25, -0.2) is 0 Å². The maximum absolute atomic E-state index is 12.4. The molecule has 0 aromatic heterocycles. The van der Waals surface area contributed by atoms with Crippen molar-refractivity contribution in [2.45, 2.75) is 82.7 Å². The van der Waals surface area contributed by atoms with Crippen LogP contribution in [0.3, 0.4) is 0 Å². The normalized spacial score (nSPS) is 26.0. The molecule has 26 heavy (non-hydrogen) atoms. The minimum Gasteiger partial charge on any atom is -0.353 e. The zero-order valence-corrected chi connectivity index (χ0v) is 16.0. The Morgan fingerprint density at radius 3 is 2.04 bits per heavy atom. The summed E-state index contributed by atoms with van der Waals surface area (Å²) >= 11 is 0. The molecule has 1 saturated heterocycles. The molecule has 0 aromatic rings. The van der Waals surface area contributed by atoms with Gasteiger partial charge < -0.3 is 10.6 Å². The first-order valence-electron chi connectivity index (χ1n) is 11.0. The second-order valence-electron chi connectivity index (χ2n) is 9.16. The van der Waals surface area contributed by atoms with E-state index >= 15 is 0 Å². The van der Waals surface area contributed by atoms with E-state index < -0.39 is 0 Å². The van der Waals surface area contributed by atoms with Gasteiger partial charge in [0, 0.05) is 31.1 Å². The van der Waals surface area contributed by atoms with Crippen LogP contribution in [-0.4, -0.2) is 48.4 Å². The van der Waals surface area contributed by atoms with Gasteiger partial charge in [0.1, 0.15) is 0 Å². The van der Waals surface area contributed by atoms with E-state index in [0.717, 1.165) is 50.6 Å². The average Bonchev–Trinajstić information content (AvgIpc) is 3.56. The van der Waals surface area contributed by atoms with E-state index in [9.17, 15) is 9.59 Å². The summed E-state index contributed by atoms with van der Waals surface area (Å²) in [5.74, 6) is 2.24. The summed E-state index contributed by atoms with van der Waals surface area (Å²) in [6.07, 6.45) is 13.0. The summed E-state index contributed by atoms with van der Waals surface area (Å²) in [5, 5.41) is 6.60. The standard InChI is InChI=1S/C21H35N3O2/c25-19(23-20(15-6-7-15)16-8-9-16)14-24-12-10-18(11-13-24)22-21(26)17-4-2-1-3-5-17/h15-18,20H,1-14H2,(H,22,26)(H,23,25). The lowest BCUT2D eigenvalue weighted by Gasteiger charge is -2.33. The molecule has 0 radical (unpaired) electrons. The van der Waals surface area contributed by atoms with Crippen molar-refractivity contribution < 1.29 is 9.59 Å². The summed E-state index contributed by atoms with van der Waals surface area (Å²) in [6.45, 7) is 2.36. The molecule has 0 bridgehead atoms. The highest BCUT2D eigenvalue weighted by molar-refractivity contribution is 5.79. The van der Waals surface area contributed by atoms with Gasteiger partial charge in [0.05, 0.1) is 6.54 Å². The summed E-state index contributed by atoms with van der Waals surface area (Å²) in [4.78, 5) is 27.1. The topological polar surface area (TPSA) is 61.4 Å². The summed E-state index contributed by atoms with van der Waals surface area (Å²) in [7, 11) is 0. The Hall–Kier alpha value is -1.10. The van der Waals surface area contributed by atoms with E-state index in [0.29, 0.717) is 18.6 Å². The zero-order chi connectivity index (χ0) is 17.9. The molecule has 4 rings (SSSR count). The number of nitrogens with one attached hydrogen (secondary N) is 2. The number of carbonyl (C=O) groups is 2. The van der Waals surface area contributed by atoms with Crippen LogP contribution in [0.25, 0.3) is 0 Å². The van der Waals surface area contributed by atoms with E-state index in [1.807, 2.05) is 0 Å². The van der Waals surface area contributed by atoms with Crippen LogP contribution in [-0.2, 0) is 9.59 Å². The molecule has 4 aliphatic rings. The van der Waals surface area contributed by atoms with Gasteiger partial charge in [0.25, 0.3) is 0 Å². The van der Waals surface area contributed by atoms with Gasteiger partial charge >= 0.3 is 0 Å². The summed E-state index contributed by atoms with van der Waals surface area (Å²) < 4.78 is 0. The second-order valence-corrected chi connectivity index (χ2v) is 9.16. The molecule has 5 heteroatoms. The number of hydrogen-bond donors (Lipinski definition) is 2. The number of likely N-dealkylation sites (tertiary alicyclic amines) is 1. The highest BCUT2D eigenvalue weighted by Crippen LogP contribution is 2.44. The number of nitrogens with zero attached hydrogens (tertiary/aromatic N) is 1. The Morgan fingerprint density at radius 2 is 1.46 bits per heavy atom. The predicted octanol–water partition coefficient (Wildman–Crippen LogP) is 2.45. The first-order chi connectivity index (χ1) is 12.7. The monoisotopic (exact) mass is 361 g/mol. The van der Waals surface area contributed by atoms with Crippen molar-refractivity contribution in [3.8, 4) is 0 Å². The molecule has 146 valence electrons. The first kappa shape index (κ1) is 18.3. The number of carbonyl (C=O) groups excluding carboxylic acids is 2. The van der Waals surface area contributed by atoms with Crippen molar-refractivity contribution in [2.24, 2.45) is 17.8 Å². The second kappa shape index (κ2) is 8.28. The average molecular weight is 362 g/mol. The van der Waals surface area contributed by atoms with Crippen LogP contribution >= 0.6 is 0 Å². The van der Waals surface area contributed by atoms with Crippen LogP contribution in [0.2, 0.25) is 0 Å². The molecule has 1 heterocycles. The van der Waals surface area contributed by atoms with Crippen LogP contribution in [0.15, 0.2) is 0 Å². The fourth-order valence-electron chi connectivity index (χ4n) is 4.89. The molecular weight excluding hydrogens is 326 g/mol. The van der Waals surface area contributed by atoms with Crippen LogP contribution in [0.5, 0.6) is 0 Å². The van der Waals surface area contributed by atoms with E-state index in [-0.39, 0.29) is 17.7 Å². The lowest BCUT2D eigenvalue weighted by molar-refractivity contribution is -0.127. The molecule has 1 aliphatic heterocycles. The molecule has 0 spiro atoms. The number of rotatable bonds is 7. The van der Waals surface area contributed by atoms with Gasteiger partial charge in [-0.3, -0.25) is 14.5 Å². The highest BCUT2D eigenvalue weighted by Gasteiger charge is 2.42. The Kier molecular flexibility index (Phi) is 5.82. The molecule has 0 atom stereocenters. The lowest BCUT2D eigenvalue weighted by atomic mass is 9.88. The van der Waals surface area contributed by atoms with Gasteiger partial charge in [-0.1, -0.05) is 19.3 Å². The predicted molar refractivity (Wildman–Crippen MR) is 102 cm³/mol. The Balaban J connectivity index is 1.15. The Bertz CT molecular complexity index is 489. The van der Waals surface area contributed by atoms with E-state index in [4.69, 9.17) is 0 Å². The van der Waals surface area contributed by atoms with E-state index in [1.54, 1.807) is 0 Å². The molecule has 3 aliphatic carbocycles. The van der Waals surface area contributed by atoms with Crippen molar-refractivity contribution >= 4 is 11.8 Å². The largest absolute Gasteiger partial charge is 0.353 e. The molecule has 4 fully saturated rings.